The Morgan fingerprint density at radius 2 is 1.67 bits per heavy atom. The van der Waals surface area contributed by atoms with E-state index in [0.717, 1.165) is 5.56 Å². The monoisotopic (exact) mass is 505 g/mol. The number of carbonyl (C=O) groups excluding carboxylic acids is 1. The molecule has 0 saturated heterocycles. The quantitative estimate of drug-likeness (QED) is 0.516. The zero-order valence-corrected chi connectivity index (χ0v) is 20.8. The molecule has 3 aromatic carbocycles. The van der Waals surface area contributed by atoms with E-state index in [0.29, 0.717) is 16.8 Å². The van der Waals surface area contributed by atoms with Crippen LogP contribution in [0.5, 0.6) is 0 Å². The maximum atomic E-state index is 14.2. The number of rotatable bonds is 5. The van der Waals surface area contributed by atoms with Gasteiger partial charge in [-0.3, -0.25) is 4.31 Å². The Labute approximate surface area is 210 Å². The predicted octanol–water partition coefficient (Wildman–Crippen LogP) is 4.44. The number of carbonyl (C=O) groups is 1. The molecule has 0 unspecified atom stereocenters. The molecule has 0 saturated carbocycles. The van der Waals surface area contributed by atoms with Crippen molar-refractivity contribution in [2.75, 3.05) is 10.9 Å². The van der Waals surface area contributed by atoms with Crippen LogP contribution >= 0.6 is 0 Å². The lowest BCUT2D eigenvalue weighted by Crippen LogP contribution is -2.50. The lowest BCUT2D eigenvalue weighted by atomic mass is 9.73. The van der Waals surface area contributed by atoms with E-state index >= 15 is 0 Å². The molecule has 0 radical (unpaired) electrons. The molecule has 186 valence electrons. The molecule has 2 heterocycles. The fourth-order valence-corrected chi connectivity index (χ4v) is 6.75. The molecule has 4 atom stereocenters. The molecule has 8 heteroatoms. The summed E-state index contributed by atoms with van der Waals surface area (Å²) in [5, 5.41) is 11.2. The van der Waals surface area contributed by atoms with Gasteiger partial charge in [0.1, 0.15) is 0 Å². The van der Waals surface area contributed by atoms with Crippen molar-refractivity contribution >= 4 is 21.7 Å². The van der Waals surface area contributed by atoms with Crippen LogP contribution in [0.25, 0.3) is 0 Å². The van der Waals surface area contributed by atoms with Crippen LogP contribution in [0.2, 0.25) is 0 Å². The number of allylic oxidation sites excluding steroid dienone is 1. The summed E-state index contributed by atoms with van der Waals surface area (Å²) in [5.74, 6) is -1.96. The van der Waals surface area contributed by atoms with Gasteiger partial charge in [0.15, 0.2) is 0 Å². The van der Waals surface area contributed by atoms with Crippen LogP contribution in [0.1, 0.15) is 35.6 Å². The van der Waals surface area contributed by atoms with Gasteiger partial charge in [-0.1, -0.05) is 66.2 Å². The van der Waals surface area contributed by atoms with Crippen molar-refractivity contribution in [3.63, 3.8) is 0 Å². The van der Waals surface area contributed by atoms with Gasteiger partial charge in [-0.05, 0) is 49.2 Å². The average Bonchev–Trinajstić information content (AvgIpc) is 2.88. The number of nitrogens with zero attached hydrogens (tertiary/aromatic N) is 1. The third kappa shape index (κ3) is 4.06. The highest BCUT2D eigenvalue weighted by atomic mass is 32.2. The Kier molecular flexibility index (Phi) is 6.32. The number of aliphatic hydroxyl groups excluding tert-OH is 1. The fraction of sp³-hybridized carbons (Fsp3) is 0.250. The maximum absolute atomic E-state index is 14.2. The minimum atomic E-state index is -4.05. The van der Waals surface area contributed by atoms with Crippen molar-refractivity contribution < 1.29 is 27.8 Å². The molecule has 0 spiro atoms. The second-order valence-corrected chi connectivity index (χ2v) is 10.7. The Balaban J connectivity index is 1.75. The van der Waals surface area contributed by atoms with Crippen molar-refractivity contribution in [2.24, 2.45) is 5.92 Å². The normalized spacial score (nSPS) is 23.1. The third-order valence-corrected chi connectivity index (χ3v) is 8.48. The summed E-state index contributed by atoms with van der Waals surface area (Å²) in [4.78, 5) is 12.6. The number of aryl methyl sites for hydroxylation is 1. The number of esters is 1. The second-order valence-electron chi connectivity index (χ2n) is 8.89. The van der Waals surface area contributed by atoms with E-state index < -0.39 is 40.2 Å². The summed E-state index contributed by atoms with van der Waals surface area (Å²) in [6, 6.07) is 22.3. The number of hydrogen-bond acceptors (Lipinski definition) is 6. The van der Waals surface area contributed by atoms with Crippen molar-refractivity contribution in [3.8, 4) is 0 Å². The van der Waals surface area contributed by atoms with E-state index in [1.54, 1.807) is 49.4 Å². The zero-order chi connectivity index (χ0) is 25.4. The molecule has 0 amide bonds. The summed E-state index contributed by atoms with van der Waals surface area (Å²) in [6.45, 7) is 3.75. The standard InChI is InChI=1S/C28H27NO6S/c1-3-34-27(30)24-17-22-21-11-7-8-12-23(21)29(36(32,33)20-15-13-18(2)14-16-20)26(25(22)28(31)35-24)19-9-5-4-6-10-19/h4-17,22,25-26,28,31H,3H2,1-2H3/t22-,25+,26-,28+/m1/s1. The van der Waals surface area contributed by atoms with Gasteiger partial charge in [0.2, 0.25) is 12.0 Å². The lowest BCUT2D eigenvalue weighted by molar-refractivity contribution is -0.161. The van der Waals surface area contributed by atoms with Crippen molar-refractivity contribution in [1.29, 1.82) is 0 Å². The number of aliphatic hydroxyl groups is 1. The van der Waals surface area contributed by atoms with E-state index in [1.807, 2.05) is 49.4 Å². The molecule has 2 aliphatic rings. The van der Waals surface area contributed by atoms with Crippen LogP contribution in [0.4, 0.5) is 5.69 Å². The first-order valence-electron chi connectivity index (χ1n) is 11.8. The number of fused-ring (bicyclic) bond motifs is 3. The van der Waals surface area contributed by atoms with Crippen LogP contribution in [0.15, 0.2) is 95.6 Å². The number of anilines is 1. The molecular weight excluding hydrogens is 478 g/mol. The molecule has 5 rings (SSSR count). The van der Waals surface area contributed by atoms with Crippen LogP contribution in [0, 0.1) is 12.8 Å². The minimum absolute atomic E-state index is 0.0814. The molecule has 0 bridgehead atoms. The first kappa shape index (κ1) is 24.1. The van der Waals surface area contributed by atoms with Gasteiger partial charge >= 0.3 is 5.97 Å². The number of para-hydroxylation sites is 1. The number of hydrogen-bond donors (Lipinski definition) is 1. The number of benzene rings is 3. The predicted molar refractivity (Wildman–Crippen MR) is 135 cm³/mol. The third-order valence-electron chi connectivity index (χ3n) is 6.67. The van der Waals surface area contributed by atoms with Gasteiger partial charge in [0.25, 0.3) is 10.0 Å². The van der Waals surface area contributed by atoms with Gasteiger partial charge in [0, 0.05) is 5.92 Å². The highest BCUT2D eigenvalue weighted by Crippen LogP contribution is 2.54. The minimum Gasteiger partial charge on any atom is -0.460 e. The topological polar surface area (TPSA) is 93.1 Å². The van der Waals surface area contributed by atoms with E-state index in [2.05, 4.69) is 0 Å². The summed E-state index contributed by atoms with van der Waals surface area (Å²) in [5.41, 5.74) is 2.81. The fourth-order valence-electron chi connectivity index (χ4n) is 5.05. The first-order chi connectivity index (χ1) is 17.3. The molecule has 0 aliphatic carbocycles. The summed E-state index contributed by atoms with van der Waals surface area (Å²) < 4.78 is 40.5. The summed E-state index contributed by atoms with van der Waals surface area (Å²) in [6.07, 6.45) is 0.189. The Hall–Kier alpha value is -3.62. The molecule has 7 nitrogen and oxygen atoms in total. The zero-order valence-electron chi connectivity index (χ0n) is 19.9. The van der Waals surface area contributed by atoms with Crippen molar-refractivity contribution in [3.05, 3.63) is 107 Å². The number of sulfonamides is 1. The SMILES string of the molecule is CCOC(=O)C1=C[C@@H]2c3ccccc3N(S(=O)(=O)c3ccc(C)cc3)[C@H](c3ccccc3)[C@H]2[C@@H](O)O1. The Morgan fingerprint density at radius 3 is 2.36 bits per heavy atom. The van der Waals surface area contributed by atoms with E-state index in [4.69, 9.17) is 9.47 Å². The molecule has 0 fully saturated rings. The highest BCUT2D eigenvalue weighted by Gasteiger charge is 2.52. The smallest absolute Gasteiger partial charge is 0.373 e. The Morgan fingerprint density at radius 1 is 1.00 bits per heavy atom. The van der Waals surface area contributed by atoms with Gasteiger partial charge < -0.3 is 14.6 Å². The van der Waals surface area contributed by atoms with Crippen molar-refractivity contribution in [1.82, 2.24) is 0 Å². The van der Waals surface area contributed by atoms with Crippen LogP contribution in [-0.4, -0.2) is 32.4 Å². The highest BCUT2D eigenvalue weighted by molar-refractivity contribution is 7.92. The molecule has 36 heavy (non-hydrogen) atoms. The van der Waals surface area contributed by atoms with Crippen molar-refractivity contribution in [2.45, 2.75) is 37.0 Å². The summed E-state index contributed by atoms with van der Waals surface area (Å²) in [7, 11) is -4.05. The largest absolute Gasteiger partial charge is 0.460 e. The average molecular weight is 506 g/mol. The maximum Gasteiger partial charge on any atom is 0.373 e. The van der Waals surface area contributed by atoms with Crippen LogP contribution in [-0.2, 0) is 24.3 Å². The summed E-state index contributed by atoms with van der Waals surface area (Å²) >= 11 is 0. The van der Waals surface area contributed by atoms with E-state index in [9.17, 15) is 18.3 Å². The van der Waals surface area contributed by atoms with Crippen LogP contribution < -0.4 is 4.31 Å². The molecule has 3 aromatic rings. The van der Waals surface area contributed by atoms with Gasteiger partial charge in [0.05, 0.1) is 29.1 Å². The second kappa shape index (κ2) is 9.44. The molecule has 2 aliphatic heterocycles. The lowest BCUT2D eigenvalue weighted by Gasteiger charge is -2.48. The van der Waals surface area contributed by atoms with Gasteiger partial charge in [-0.2, -0.15) is 0 Å². The molecular formula is C28H27NO6S. The Bertz CT molecular complexity index is 1400. The van der Waals surface area contributed by atoms with Crippen LogP contribution in [0.3, 0.4) is 0 Å². The van der Waals surface area contributed by atoms with E-state index in [-0.39, 0.29) is 17.3 Å². The first-order valence-corrected chi connectivity index (χ1v) is 13.3. The number of ether oxygens (including phenoxy) is 2. The molecule has 1 N–H and O–H groups in total. The van der Waals surface area contributed by atoms with E-state index in [1.165, 1.54) is 4.31 Å². The van der Waals surface area contributed by atoms with Gasteiger partial charge in [-0.25, -0.2) is 13.2 Å². The van der Waals surface area contributed by atoms with Gasteiger partial charge in [-0.15, -0.1) is 0 Å². The molecule has 0 aromatic heterocycles.